The third-order valence-corrected chi connectivity index (χ3v) is 17.9. The lowest BCUT2D eigenvalue weighted by Gasteiger charge is -2.23. The van der Waals surface area contributed by atoms with E-state index in [0.29, 0.717) is 36.5 Å². The van der Waals surface area contributed by atoms with Crippen molar-refractivity contribution in [1.82, 2.24) is 0 Å². The molecule has 12 aliphatic carbocycles. The smallest absolute Gasteiger partial charge is 0.333 e. The van der Waals surface area contributed by atoms with Gasteiger partial charge >= 0.3 is 17.9 Å². The van der Waals surface area contributed by atoms with E-state index < -0.39 is 0 Å². The zero-order valence-electron chi connectivity index (χ0n) is 45.3. The van der Waals surface area contributed by atoms with Crippen molar-refractivity contribution in [2.45, 2.75) is 124 Å². The van der Waals surface area contributed by atoms with E-state index in [1.165, 1.54) is 65.6 Å². The molecule has 400 valence electrons. The Labute approximate surface area is 429 Å². The fourth-order valence-electron chi connectivity index (χ4n) is 14.8. The minimum Gasteiger partial charge on any atom is -0.466 e. The van der Waals surface area contributed by atoms with Gasteiger partial charge in [-0.15, -0.1) is 0 Å². The number of carbonyl (C=O) groups excluding carboxylic acids is 3. The fourth-order valence-corrected chi connectivity index (χ4v) is 14.8. The first kappa shape index (κ1) is 60.0. The molecule has 8 bridgehead atoms. The molecule has 16 unspecified atom stereocenters. The molecule has 0 amide bonds. The monoisotopic (exact) mass is 989 g/mol. The van der Waals surface area contributed by atoms with E-state index in [0.717, 1.165) is 102 Å². The number of methoxy groups -OCH3 is 4. The number of ether oxygens (including phenoxy) is 5. The van der Waals surface area contributed by atoms with E-state index in [2.05, 4.69) is 92.0 Å². The number of rotatable bonds is 8. The van der Waals surface area contributed by atoms with Crippen LogP contribution in [0.4, 0.5) is 0 Å². The maximum absolute atomic E-state index is 10.6. The van der Waals surface area contributed by atoms with Crippen LogP contribution in [0.15, 0.2) is 85.1 Å². The van der Waals surface area contributed by atoms with Gasteiger partial charge < -0.3 is 33.9 Å². The number of carbonyl (C=O) groups is 3. The first-order valence-corrected chi connectivity index (χ1v) is 27.3. The van der Waals surface area contributed by atoms with Gasteiger partial charge in [-0.1, -0.05) is 68.3 Å². The van der Waals surface area contributed by atoms with Crippen LogP contribution in [-0.4, -0.2) is 90.1 Å². The molecule has 71 heavy (non-hydrogen) atoms. The van der Waals surface area contributed by atoms with Crippen molar-refractivity contribution in [3.05, 3.63) is 85.1 Å². The molecule has 12 aliphatic rings. The lowest BCUT2D eigenvalue weighted by molar-refractivity contribution is -0.140. The molecule has 2 N–H and O–H groups in total. The summed E-state index contributed by atoms with van der Waals surface area (Å²) in [5.74, 6) is 16.4. The zero-order chi connectivity index (χ0) is 52.0. The van der Waals surface area contributed by atoms with Crippen LogP contribution in [0.2, 0.25) is 0 Å². The fraction of sp³-hybridized carbons (Fsp3) is 0.721. The van der Waals surface area contributed by atoms with E-state index in [9.17, 15) is 14.4 Å². The summed E-state index contributed by atoms with van der Waals surface area (Å²) in [7, 11) is 6.76. The topological polar surface area (TPSA) is 138 Å². The number of hydrogen-bond donors (Lipinski definition) is 2. The summed E-state index contributed by atoms with van der Waals surface area (Å²) < 4.78 is 22.3. The standard InChI is InChI=1S/4C10H14.C7H12O3.2C5H8O2.C3H8O2.CH4O/c4*1-2-9-7-4-5-8(6-7)10(9)3-1;1-6(2)7(8)10-5-4-9-3;2*1-4(2)5(6)7-3;1-5-3-2-4;1-2/h4*1-2,7-10H,3-6H2;1,4-5H2,2-3H3;2*1H2,2-3H3;4H,2-3H2,1H3;2H,1H3. The third-order valence-electron chi connectivity index (χ3n) is 17.9. The summed E-state index contributed by atoms with van der Waals surface area (Å²) >= 11 is 0. The van der Waals surface area contributed by atoms with E-state index in [-0.39, 0.29) is 24.5 Å². The van der Waals surface area contributed by atoms with E-state index >= 15 is 0 Å². The number of esters is 3. The number of allylic oxidation sites excluding steroid dienone is 8. The second-order valence-corrected chi connectivity index (χ2v) is 22.1. The normalized spacial score (nSPS) is 35.0. The van der Waals surface area contributed by atoms with Gasteiger partial charge in [0.05, 0.1) is 34.0 Å². The van der Waals surface area contributed by atoms with Crippen LogP contribution < -0.4 is 0 Å². The van der Waals surface area contributed by atoms with Gasteiger partial charge in [-0.2, -0.15) is 0 Å². The lowest BCUT2D eigenvalue weighted by Crippen LogP contribution is -2.16. The Morgan fingerprint density at radius 1 is 0.437 bits per heavy atom. The summed E-state index contributed by atoms with van der Waals surface area (Å²) in [4.78, 5) is 31.0. The van der Waals surface area contributed by atoms with Crippen molar-refractivity contribution in [2.75, 3.05) is 62.0 Å². The maximum Gasteiger partial charge on any atom is 0.333 e. The highest BCUT2D eigenvalue weighted by Crippen LogP contribution is 2.59. The van der Waals surface area contributed by atoms with Crippen LogP contribution in [0.25, 0.3) is 0 Å². The van der Waals surface area contributed by atoms with Gasteiger partial charge in [0.2, 0.25) is 0 Å². The molecule has 0 radical (unpaired) electrons. The van der Waals surface area contributed by atoms with Gasteiger partial charge in [0.25, 0.3) is 0 Å². The molecular weight excluding hydrogens is 893 g/mol. The summed E-state index contributed by atoms with van der Waals surface area (Å²) in [6.07, 6.45) is 43.9. The van der Waals surface area contributed by atoms with Crippen molar-refractivity contribution >= 4 is 17.9 Å². The first-order chi connectivity index (χ1) is 34.3. The van der Waals surface area contributed by atoms with Gasteiger partial charge in [-0.3, -0.25) is 0 Å². The molecule has 10 nitrogen and oxygen atoms in total. The summed E-state index contributed by atoms with van der Waals surface area (Å²) in [6.45, 7) is 16.2. The van der Waals surface area contributed by atoms with Gasteiger partial charge in [0.15, 0.2) is 0 Å². The maximum atomic E-state index is 10.6. The molecule has 12 rings (SSSR count). The molecular formula is C61H96O10. The van der Waals surface area contributed by atoms with Crippen molar-refractivity contribution in [3.8, 4) is 0 Å². The summed E-state index contributed by atoms with van der Waals surface area (Å²) in [5.41, 5.74) is 1.28. The number of aliphatic hydroxyl groups is 2. The SMILES string of the molecule is C1=CC2C3CCC(C3)C2C1.C1=CC2C3CCC(C3)C2C1.C1=CC2C3CCC(C3)C2C1.C1=CC2C3CCC(C3)C2C1.C=C(C)C(=O)OC.C=C(C)C(=O)OC.C=C(C)C(=O)OCCOC.CO.COCCO. The predicted octanol–water partition coefficient (Wildman–Crippen LogP) is 11.9. The van der Waals surface area contributed by atoms with E-state index in [4.69, 9.17) is 10.2 Å². The number of aliphatic hydroxyl groups excluding tert-OH is 2. The summed E-state index contributed by atoms with van der Waals surface area (Å²) in [6, 6.07) is 0. The third kappa shape index (κ3) is 17.0. The lowest BCUT2D eigenvalue weighted by atomic mass is 9.82. The molecule has 10 heteroatoms. The average Bonchev–Trinajstić information content (AvgIpc) is 4.22. The molecule has 8 saturated carbocycles. The number of hydrogen-bond acceptors (Lipinski definition) is 10. The van der Waals surface area contributed by atoms with E-state index in [1.807, 2.05) is 0 Å². The Hall–Kier alpha value is -3.57. The predicted molar refractivity (Wildman–Crippen MR) is 285 cm³/mol. The Kier molecular flexibility index (Phi) is 26.4. The Morgan fingerprint density at radius 2 is 0.704 bits per heavy atom. The highest BCUT2D eigenvalue weighted by atomic mass is 16.6. The van der Waals surface area contributed by atoms with Gasteiger partial charge in [-0.05, 0) is 218 Å². The second-order valence-electron chi connectivity index (χ2n) is 22.1. The van der Waals surface area contributed by atoms with Crippen molar-refractivity contribution in [1.29, 1.82) is 0 Å². The van der Waals surface area contributed by atoms with E-state index in [1.54, 1.807) is 86.4 Å². The van der Waals surface area contributed by atoms with Crippen LogP contribution in [-0.2, 0) is 38.1 Å². The highest BCUT2D eigenvalue weighted by molar-refractivity contribution is 5.87. The number of fused-ring (bicyclic) bond motifs is 20. The minimum absolute atomic E-state index is 0.122. The minimum atomic E-state index is -0.364. The van der Waals surface area contributed by atoms with Crippen molar-refractivity contribution in [3.63, 3.8) is 0 Å². The molecule has 0 heterocycles. The van der Waals surface area contributed by atoms with Crippen LogP contribution in [0.3, 0.4) is 0 Å². The van der Waals surface area contributed by atoms with Gasteiger partial charge in [-0.25, -0.2) is 14.4 Å². The molecule has 8 fully saturated rings. The molecule has 0 spiro atoms. The van der Waals surface area contributed by atoms with Crippen LogP contribution >= 0.6 is 0 Å². The first-order valence-electron chi connectivity index (χ1n) is 27.3. The largest absolute Gasteiger partial charge is 0.466 e. The van der Waals surface area contributed by atoms with Crippen molar-refractivity contribution < 1.29 is 48.3 Å². The molecule has 0 saturated heterocycles. The molecule has 16 atom stereocenters. The summed E-state index contributed by atoms with van der Waals surface area (Å²) in [5, 5.41) is 14.9. The second kappa shape index (κ2) is 31.2. The molecule has 0 aromatic carbocycles. The zero-order valence-corrected chi connectivity index (χ0v) is 45.3. The Bertz CT molecular complexity index is 1610. The molecule has 0 aromatic heterocycles. The van der Waals surface area contributed by atoms with Crippen LogP contribution in [0, 0.1) is 94.7 Å². The van der Waals surface area contributed by atoms with Crippen LogP contribution in [0.1, 0.15) is 124 Å². The van der Waals surface area contributed by atoms with Crippen molar-refractivity contribution in [2.24, 2.45) is 94.7 Å². The Balaban J connectivity index is 0.000000177. The highest BCUT2D eigenvalue weighted by Gasteiger charge is 2.49. The Morgan fingerprint density at radius 3 is 0.887 bits per heavy atom. The average molecular weight is 989 g/mol. The van der Waals surface area contributed by atoms with Gasteiger partial charge in [0, 0.05) is 38.0 Å². The quantitative estimate of drug-likeness (QED) is 0.0795. The molecule has 0 aromatic rings. The van der Waals surface area contributed by atoms with Crippen LogP contribution in [0.5, 0.6) is 0 Å². The molecule has 0 aliphatic heterocycles. The van der Waals surface area contributed by atoms with Gasteiger partial charge in [0.1, 0.15) is 6.61 Å².